The fraction of sp³-hybridized carbons (Fsp3) is 0.417. The van der Waals surface area contributed by atoms with Crippen LogP contribution in [0.3, 0.4) is 0 Å². The van der Waals surface area contributed by atoms with Crippen molar-refractivity contribution in [1.82, 2.24) is 0 Å². The monoisotopic (exact) mass is 378 g/mol. The third-order valence-electron chi connectivity index (χ3n) is 2.78. The number of nitro benzene ring substituents is 1. The van der Waals surface area contributed by atoms with Crippen LogP contribution in [-0.2, 0) is 4.79 Å². The quantitative estimate of drug-likeness (QED) is 0.432. The van der Waals surface area contributed by atoms with Gasteiger partial charge in [-0.2, -0.15) is 0 Å². The van der Waals surface area contributed by atoms with E-state index in [2.05, 4.69) is 5.32 Å². The third kappa shape index (κ3) is 5.01. The largest absolute Gasteiger partial charge is 0.481 e. The number of carboxylic acid groups (broad SMARTS) is 1. The van der Waals surface area contributed by atoms with Crippen molar-refractivity contribution >= 4 is 39.9 Å². The Balaban J connectivity index is 2.76. The van der Waals surface area contributed by atoms with E-state index in [-0.39, 0.29) is 18.0 Å². The van der Waals surface area contributed by atoms with E-state index in [1.165, 1.54) is 6.07 Å². The molecule has 0 aliphatic rings. The summed E-state index contributed by atoms with van der Waals surface area (Å²) in [7, 11) is 0. The Morgan fingerprint density at radius 1 is 1.58 bits per heavy atom. The number of aliphatic carboxylic acids is 1. The molecule has 1 aromatic rings. The molecule has 0 heterocycles. The van der Waals surface area contributed by atoms with Crippen LogP contribution in [0, 0.1) is 19.6 Å². The number of anilines is 1. The van der Waals surface area contributed by atoms with Gasteiger partial charge in [0.1, 0.15) is 5.69 Å². The number of hydrogen-bond acceptors (Lipinski definition) is 4. The molecule has 7 heteroatoms. The molecule has 6 nitrogen and oxygen atoms in total. The van der Waals surface area contributed by atoms with E-state index in [9.17, 15) is 14.9 Å². The van der Waals surface area contributed by atoms with Gasteiger partial charge in [0.15, 0.2) is 0 Å². The van der Waals surface area contributed by atoms with Crippen LogP contribution in [0.5, 0.6) is 0 Å². The van der Waals surface area contributed by atoms with E-state index in [0.717, 1.165) is 3.57 Å². The van der Waals surface area contributed by atoms with Gasteiger partial charge in [0.25, 0.3) is 5.69 Å². The summed E-state index contributed by atoms with van der Waals surface area (Å²) >= 11 is 2.01. The Kier molecular flexibility index (Phi) is 6.00. The number of nitrogens with zero attached hydrogens (tertiary/aromatic N) is 1. The Labute approximate surface area is 124 Å². The molecule has 0 aliphatic carbocycles. The maximum absolute atomic E-state index is 10.9. The number of rotatable bonds is 7. The van der Waals surface area contributed by atoms with Crippen LogP contribution in [0.25, 0.3) is 0 Å². The number of nitro groups is 1. The molecule has 1 unspecified atom stereocenters. The van der Waals surface area contributed by atoms with E-state index in [4.69, 9.17) is 5.11 Å². The van der Waals surface area contributed by atoms with Gasteiger partial charge in [0.2, 0.25) is 0 Å². The zero-order valence-corrected chi connectivity index (χ0v) is 12.6. The number of carboxylic acids is 1. The fourth-order valence-corrected chi connectivity index (χ4v) is 2.14. The van der Waals surface area contributed by atoms with Gasteiger partial charge < -0.3 is 10.4 Å². The molecular formula is C12H15IN2O4. The molecule has 1 aromatic carbocycles. The summed E-state index contributed by atoms with van der Waals surface area (Å²) in [5, 5.41) is 22.7. The van der Waals surface area contributed by atoms with Gasteiger partial charge in [0.05, 0.1) is 4.92 Å². The van der Waals surface area contributed by atoms with Crippen molar-refractivity contribution in [1.29, 1.82) is 0 Å². The molecule has 19 heavy (non-hydrogen) atoms. The summed E-state index contributed by atoms with van der Waals surface area (Å²) in [6.07, 6.45) is 0.763. The second-order valence-electron chi connectivity index (χ2n) is 4.17. The highest BCUT2D eigenvalue weighted by Gasteiger charge is 2.16. The first-order valence-electron chi connectivity index (χ1n) is 5.83. The SMILES string of the molecule is CCC(CNc1ccc(I)cc1[N+](=O)[O-])CC(=O)O. The summed E-state index contributed by atoms with van der Waals surface area (Å²) in [6.45, 7) is 2.31. The van der Waals surface area contributed by atoms with Crippen LogP contribution in [0.1, 0.15) is 19.8 Å². The predicted octanol–water partition coefficient (Wildman–Crippen LogP) is 3.11. The molecule has 0 spiro atoms. The van der Waals surface area contributed by atoms with E-state index >= 15 is 0 Å². The highest BCUT2D eigenvalue weighted by atomic mass is 127. The molecule has 1 atom stereocenters. The maximum atomic E-state index is 10.9. The highest BCUT2D eigenvalue weighted by Crippen LogP contribution is 2.26. The Morgan fingerprint density at radius 3 is 2.79 bits per heavy atom. The van der Waals surface area contributed by atoms with Crippen LogP contribution in [0.15, 0.2) is 18.2 Å². The summed E-state index contributed by atoms with van der Waals surface area (Å²) in [5.74, 6) is -0.901. The van der Waals surface area contributed by atoms with Gasteiger partial charge in [-0.3, -0.25) is 14.9 Å². The summed E-state index contributed by atoms with van der Waals surface area (Å²) in [6, 6.07) is 4.91. The lowest BCUT2D eigenvalue weighted by atomic mass is 10.0. The lowest BCUT2D eigenvalue weighted by molar-refractivity contribution is -0.384. The van der Waals surface area contributed by atoms with Gasteiger partial charge in [-0.15, -0.1) is 0 Å². The van der Waals surface area contributed by atoms with Crippen LogP contribution in [-0.4, -0.2) is 22.5 Å². The minimum absolute atomic E-state index is 0.0112. The summed E-state index contributed by atoms with van der Waals surface area (Å²) in [4.78, 5) is 21.2. The lowest BCUT2D eigenvalue weighted by Gasteiger charge is -2.14. The van der Waals surface area contributed by atoms with Crippen molar-refractivity contribution in [2.45, 2.75) is 19.8 Å². The van der Waals surface area contributed by atoms with Crippen molar-refractivity contribution in [3.63, 3.8) is 0 Å². The predicted molar refractivity (Wildman–Crippen MR) is 80.3 cm³/mol. The molecule has 2 N–H and O–H groups in total. The number of nitrogens with one attached hydrogen (secondary N) is 1. The van der Waals surface area contributed by atoms with Gasteiger partial charge in [0, 0.05) is 22.6 Å². The van der Waals surface area contributed by atoms with Gasteiger partial charge in [-0.05, 0) is 40.6 Å². The molecule has 0 bridgehead atoms. The average molecular weight is 378 g/mol. The lowest BCUT2D eigenvalue weighted by Crippen LogP contribution is -2.17. The average Bonchev–Trinajstić information content (AvgIpc) is 2.34. The molecule has 0 saturated carbocycles. The Bertz CT molecular complexity index is 479. The molecule has 1 rings (SSSR count). The smallest absolute Gasteiger partial charge is 0.303 e. The minimum atomic E-state index is -0.856. The first kappa shape index (κ1) is 15.7. The van der Waals surface area contributed by atoms with E-state index in [0.29, 0.717) is 18.7 Å². The summed E-state index contributed by atoms with van der Waals surface area (Å²) < 4.78 is 0.785. The van der Waals surface area contributed by atoms with Crippen molar-refractivity contribution in [3.05, 3.63) is 31.9 Å². The van der Waals surface area contributed by atoms with E-state index in [1.807, 2.05) is 29.5 Å². The van der Waals surface area contributed by atoms with Gasteiger partial charge >= 0.3 is 5.97 Å². The molecule has 0 aliphatic heterocycles. The van der Waals surface area contributed by atoms with Crippen molar-refractivity contribution in [2.75, 3.05) is 11.9 Å². The number of benzene rings is 1. The van der Waals surface area contributed by atoms with Crippen LogP contribution in [0.2, 0.25) is 0 Å². The summed E-state index contributed by atoms with van der Waals surface area (Å²) in [5.41, 5.74) is 0.436. The van der Waals surface area contributed by atoms with E-state index in [1.54, 1.807) is 12.1 Å². The third-order valence-corrected chi connectivity index (χ3v) is 3.45. The molecule has 0 fully saturated rings. The zero-order chi connectivity index (χ0) is 14.4. The van der Waals surface area contributed by atoms with Gasteiger partial charge in [-0.25, -0.2) is 0 Å². The van der Waals surface area contributed by atoms with E-state index < -0.39 is 10.9 Å². The molecule has 0 radical (unpaired) electrons. The van der Waals surface area contributed by atoms with Gasteiger partial charge in [-0.1, -0.05) is 13.3 Å². The highest BCUT2D eigenvalue weighted by molar-refractivity contribution is 14.1. The first-order valence-corrected chi connectivity index (χ1v) is 6.91. The Morgan fingerprint density at radius 2 is 2.26 bits per heavy atom. The van der Waals surface area contributed by atoms with Crippen LogP contribution < -0.4 is 5.32 Å². The molecule has 0 aromatic heterocycles. The standard InChI is InChI=1S/C12H15IN2O4/c1-2-8(5-12(16)17)7-14-10-4-3-9(13)6-11(10)15(18)19/h3-4,6,8,14H,2,5,7H2,1H3,(H,16,17). The Hall–Kier alpha value is -1.38. The number of halogens is 1. The molecule has 104 valence electrons. The normalized spacial score (nSPS) is 11.9. The second-order valence-corrected chi connectivity index (χ2v) is 5.42. The topological polar surface area (TPSA) is 92.5 Å². The number of carbonyl (C=O) groups is 1. The molecular weight excluding hydrogens is 363 g/mol. The fourth-order valence-electron chi connectivity index (χ4n) is 1.67. The second kappa shape index (κ2) is 7.27. The molecule has 0 saturated heterocycles. The first-order chi connectivity index (χ1) is 8.93. The van der Waals surface area contributed by atoms with Crippen LogP contribution >= 0.6 is 22.6 Å². The van der Waals surface area contributed by atoms with Crippen molar-refractivity contribution < 1.29 is 14.8 Å². The minimum Gasteiger partial charge on any atom is -0.481 e. The zero-order valence-electron chi connectivity index (χ0n) is 10.4. The van der Waals surface area contributed by atoms with Crippen molar-refractivity contribution in [2.24, 2.45) is 5.92 Å². The van der Waals surface area contributed by atoms with Crippen LogP contribution in [0.4, 0.5) is 11.4 Å². The molecule has 0 amide bonds. The van der Waals surface area contributed by atoms with Crippen molar-refractivity contribution in [3.8, 4) is 0 Å². The maximum Gasteiger partial charge on any atom is 0.303 e. The number of hydrogen-bond donors (Lipinski definition) is 2.